The lowest BCUT2D eigenvalue weighted by Crippen LogP contribution is -2.50. The van der Waals surface area contributed by atoms with Crippen LogP contribution < -0.4 is 5.32 Å². The molecule has 4 heteroatoms. The summed E-state index contributed by atoms with van der Waals surface area (Å²) in [5.41, 5.74) is 0.393. The molecule has 0 amide bonds. The van der Waals surface area contributed by atoms with Crippen LogP contribution in [-0.2, 0) is 13.1 Å². The fourth-order valence-corrected chi connectivity index (χ4v) is 2.21. The third kappa shape index (κ3) is 2.04. The smallest absolute Gasteiger partial charge is 0.140 e. The van der Waals surface area contributed by atoms with E-state index in [1.807, 2.05) is 4.68 Å². The van der Waals surface area contributed by atoms with Crippen LogP contribution in [0.25, 0.3) is 0 Å². The summed E-state index contributed by atoms with van der Waals surface area (Å²) >= 11 is 0. The van der Waals surface area contributed by atoms with Crippen molar-refractivity contribution in [1.29, 1.82) is 0 Å². The highest BCUT2D eigenvalue weighted by atomic mass is 15.3. The Balaban J connectivity index is 1.92. The SMILES string of the molecule is CCn1ncnc1CNC1(CC)CCC1. The van der Waals surface area contributed by atoms with Crippen molar-refractivity contribution in [3.05, 3.63) is 12.2 Å². The van der Waals surface area contributed by atoms with Gasteiger partial charge in [0, 0.05) is 12.1 Å². The summed E-state index contributed by atoms with van der Waals surface area (Å²) in [7, 11) is 0. The number of nitrogens with one attached hydrogen (secondary N) is 1. The van der Waals surface area contributed by atoms with Crippen molar-refractivity contribution in [2.45, 2.75) is 58.2 Å². The molecule has 0 unspecified atom stereocenters. The summed E-state index contributed by atoms with van der Waals surface area (Å²) in [6, 6.07) is 0. The molecule has 0 atom stereocenters. The average Bonchev–Trinajstić information content (AvgIpc) is 2.64. The van der Waals surface area contributed by atoms with E-state index in [4.69, 9.17) is 0 Å². The highest BCUT2D eigenvalue weighted by molar-refractivity contribution is 4.96. The minimum atomic E-state index is 0.393. The summed E-state index contributed by atoms with van der Waals surface area (Å²) in [6.45, 7) is 6.10. The molecule has 1 N–H and O–H groups in total. The third-order valence-corrected chi connectivity index (χ3v) is 3.60. The molecule has 4 nitrogen and oxygen atoms in total. The molecule has 2 rings (SSSR count). The van der Waals surface area contributed by atoms with Gasteiger partial charge in [-0.3, -0.25) is 0 Å². The van der Waals surface area contributed by atoms with Gasteiger partial charge in [0.2, 0.25) is 0 Å². The van der Waals surface area contributed by atoms with Gasteiger partial charge >= 0.3 is 0 Å². The first-order valence-electron chi connectivity index (χ1n) is 5.91. The largest absolute Gasteiger partial charge is 0.304 e. The lowest BCUT2D eigenvalue weighted by atomic mass is 9.75. The zero-order valence-electron chi connectivity index (χ0n) is 9.66. The van der Waals surface area contributed by atoms with Crippen LogP contribution in [0.3, 0.4) is 0 Å². The van der Waals surface area contributed by atoms with Crippen LogP contribution in [0.4, 0.5) is 0 Å². The molecule has 0 spiro atoms. The zero-order chi connectivity index (χ0) is 10.7. The van der Waals surface area contributed by atoms with Crippen LogP contribution in [0, 0.1) is 0 Å². The molecule has 1 aromatic rings. The molecule has 1 aromatic heterocycles. The van der Waals surface area contributed by atoms with Gasteiger partial charge in [0.05, 0.1) is 6.54 Å². The lowest BCUT2D eigenvalue weighted by Gasteiger charge is -2.42. The second-order valence-corrected chi connectivity index (χ2v) is 4.33. The topological polar surface area (TPSA) is 42.7 Å². The van der Waals surface area contributed by atoms with Crippen LogP contribution in [0.5, 0.6) is 0 Å². The molecule has 0 saturated heterocycles. The Morgan fingerprint density at radius 1 is 1.47 bits per heavy atom. The van der Waals surface area contributed by atoms with Crippen molar-refractivity contribution in [3.63, 3.8) is 0 Å². The van der Waals surface area contributed by atoms with Crippen molar-refractivity contribution in [2.75, 3.05) is 0 Å². The van der Waals surface area contributed by atoms with Crippen molar-refractivity contribution < 1.29 is 0 Å². The van der Waals surface area contributed by atoms with Crippen LogP contribution >= 0.6 is 0 Å². The highest BCUT2D eigenvalue weighted by Gasteiger charge is 2.34. The summed E-state index contributed by atoms with van der Waals surface area (Å²) in [5.74, 6) is 1.05. The number of rotatable bonds is 5. The summed E-state index contributed by atoms with van der Waals surface area (Å²) in [4.78, 5) is 4.27. The van der Waals surface area contributed by atoms with Crippen LogP contribution in [0.15, 0.2) is 6.33 Å². The maximum Gasteiger partial charge on any atom is 0.140 e. The van der Waals surface area contributed by atoms with Gasteiger partial charge in [-0.2, -0.15) is 5.10 Å². The molecule has 0 aromatic carbocycles. The van der Waals surface area contributed by atoms with E-state index in [0.29, 0.717) is 5.54 Å². The third-order valence-electron chi connectivity index (χ3n) is 3.60. The van der Waals surface area contributed by atoms with Gasteiger partial charge in [-0.1, -0.05) is 6.92 Å². The Bertz CT molecular complexity index is 309. The maximum absolute atomic E-state index is 4.27. The molecule has 0 bridgehead atoms. The standard InChI is InChI=1S/C11H20N4/c1-3-11(6-5-7-11)13-8-10-12-9-14-15(10)4-2/h9,13H,3-8H2,1-2H3. The van der Waals surface area contributed by atoms with Crippen LogP contribution in [0.2, 0.25) is 0 Å². The summed E-state index contributed by atoms with van der Waals surface area (Å²) in [6.07, 6.45) is 6.84. The molecule has 1 saturated carbocycles. The Kier molecular flexibility index (Phi) is 3.05. The number of hydrogen-bond acceptors (Lipinski definition) is 3. The maximum atomic E-state index is 4.27. The molecule has 0 radical (unpaired) electrons. The summed E-state index contributed by atoms with van der Waals surface area (Å²) in [5, 5.41) is 7.81. The predicted molar refractivity (Wildman–Crippen MR) is 59.4 cm³/mol. The molecule has 1 aliphatic rings. The number of aromatic nitrogens is 3. The highest BCUT2D eigenvalue weighted by Crippen LogP contribution is 2.34. The van der Waals surface area contributed by atoms with Crippen molar-refractivity contribution in [1.82, 2.24) is 20.1 Å². The van der Waals surface area contributed by atoms with Crippen molar-refractivity contribution in [2.24, 2.45) is 0 Å². The fraction of sp³-hybridized carbons (Fsp3) is 0.818. The van der Waals surface area contributed by atoms with E-state index in [-0.39, 0.29) is 0 Å². The van der Waals surface area contributed by atoms with Gasteiger partial charge in [-0.25, -0.2) is 9.67 Å². The van der Waals surface area contributed by atoms with E-state index in [2.05, 4.69) is 29.2 Å². The molecule has 84 valence electrons. The van der Waals surface area contributed by atoms with Crippen LogP contribution in [-0.4, -0.2) is 20.3 Å². The van der Waals surface area contributed by atoms with E-state index in [9.17, 15) is 0 Å². The van der Waals surface area contributed by atoms with Crippen molar-refractivity contribution in [3.8, 4) is 0 Å². The van der Waals surface area contributed by atoms with Gasteiger partial charge in [0.25, 0.3) is 0 Å². The second kappa shape index (κ2) is 4.31. The first-order chi connectivity index (χ1) is 7.29. The normalized spacial score (nSPS) is 18.8. The summed E-state index contributed by atoms with van der Waals surface area (Å²) < 4.78 is 1.95. The minimum absolute atomic E-state index is 0.393. The molecule has 15 heavy (non-hydrogen) atoms. The first kappa shape index (κ1) is 10.6. The quantitative estimate of drug-likeness (QED) is 0.801. The lowest BCUT2D eigenvalue weighted by molar-refractivity contribution is 0.173. The Labute approximate surface area is 91.1 Å². The van der Waals surface area contributed by atoms with E-state index in [1.165, 1.54) is 25.7 Å². The molecule has 1 aliphatic carbocycles. The van der Waals surface area contributed by atoms with E-state index in [0.717, 1.165) is 18.9 Å². The van der Waals surface area contributed by atoms with Gasteiger partial charge in [0.1, 0.15) is 12.2 Å². The van der Waals surface area contributed by atoms with E-state index < -0.39 is 0 Å². The average molecular weight is 208 g/mol. The van der Waals surface area contributed by atoms with Crippen LogP contribution in [0.1, 0.15) is 45.4 Å². The second-order valence-electron chi connectivity index (χ2n) is 4.33. The fourth-order valence-electron chi connectivity index (χ4n) is 2.21. The molecular weight excluding hydrogens is 188 g/mol. The van der Waals surface area contributed by atoms with Gasteiger partial charge < -0.3 is 5.32 Å². The molecule has 0 aliphatic heterocycles. The molecule has 1 heterocycles. The Morgan fingerprint density at radius 2 is 2.27 bits per heavy atom. The molecular formula is C11H20N4. The zero-order valence-corrected chi connectivity index (χ0v) is 9.66. The number of nitrogens with zero attached hydrogens (tertiary/aromatic N) is 3. The van der Waals surface area contributed by atoms with Gasteiger partial charge in [-0.05, 0) is 32.6 Å². The molecule has 1 fully saturated rings. The number of aryl methyl sites for hydroxylation is 1. The monoisotopic (exact) mass is 208 g/mol. The van der Waals surface area contributed by atoms with E-state index in [1.54, 1.807) is 6.33 Å². The van der Waals surface area contributed by atoms with Crippen molar-refractivity contribution >= 4 is 0 Å². The van der Waals surface area contributed by atoms with Gasteiger partial charge in [-0.15, -0.1) is 0 Å². The minimum Gasteiger partial charge on any atom is -0.304 e. The number of hydrogen-bond donors (Lipinski definition) is 1. The Morgan fingerprint density at radius 3 is 2.80 bits per heavy atom. The first-order valence-corrected chi connectivity index (χ1v) is 5.91. The van der Waals surface area contributed by atoms with Gasteiger partial charge in [0.15, 0.2) is 0 Å². The van der Waals surface area contributed by atoms with E-state index >= 15 is 0 Å². The predicted octanol–water partition coefficient (Wildman–Crippen LogP) is 1.72. The Hall–Kier alpha value is -0.900.